The van der Waals surface area contributed by atoms with Crippen LogP contribution in [-0.4, -0.2) is 31.4 Å². The van der Waals surface area contributed by atoms with E-state index < -0.39 is 26.1 Å². The number of carbonyl (C=O) groups is 1. The van der Waals surface area contributed by atoms with Crippen LogP contribution in [0.3, 0.4) is 0 Å². The Labute approximate surface area is 170 Å². The molecule has 5 atom stereocenters. The summed E-state index contributed by atoms with van der Waals surface area (Å²) < 4.78 is 36.2. The number of aliphatic carboxylic acids is 1. The molecule has 162 valence electrons. The normalized spacial score (nSPS) is 33.1. The highest BCUT2D eigenvalue weighted by molar-refractivity contribution is 6.74. The molecule has 0 saturated heterocycles. The molecule has 0 heterocycles. The predicted molar refractivity (Wildman–Crippen MR) is 111 cm³/mol. The van der Waals surface area contributed by atoms with Crippen LogP contribution >= 0.6 is 0 Å². The van der Waals surface area contributed by atoms with Crippen molar-refractivity contribution in [2.24, 2.45) is 23.2 Å². The molecular formula is C22H38F2O3Si. The maximum atomic E-state index is 14.7. The Morgan fingerprint density at radius 2 is 1.86 bits per heavy atom. The maximum Gasteiger partial charge on any atom is 0.328 e. The molecule has 28 heavy (non-hydrogen) atoms. The molecule has 0 aromatic rings. The standard InChI is InChI=1S/C22H38F2O3Si/c1-15(22(23,24)14-12-19(25)26)16-10-11-17-18(9-8-13-21(16,17)5)27-28(6,7)20(2,3)4/h12,14-18H,8-11,13H2,1-7H3,(H,25,26)/b14-12+/t15-,16+,17-,18-,21+/m0/s1. The van der Waals surface area contributed by atoms with Crippen LogP contribution in [-0.2, 0) is 9.22 Å². The van der Waals surface area contributed by atoms with E-state index in [1.807, 2.05) is 0 Å². The Balaban J connectivity index is 2.22. The highest BCUT2D eigenvalue weighted by atomic mass is 28.4. The molecule has 2 aliphatic carbocycles. The van der Waals surface area contributed by atoms with E-state index >= 15 is 0 Å². The van der Waals surface area contributed by atoms with Gasteiger partial charge in [-0.1, -0.05) is 41.0 Å². The predicted octanol–water partition coefficient (Wildman–Crippen LogP) is 6.51. The molecular weight excluding hydrogens is 378 g/mol. The molecule has 0 spiro atoms. The summed E-state index contributed by atoms with van der Waals surface area (Å²) in [5, 5.41) is 8.86. The van der Waals surface area contributed by atoms with Gasteiger partial charge in [0.25, 0.3) is 5.92 Å². The zero-order chi connectivity index (χ0) is 21.5. The quantitative estimate of drug-likeness (QED) is 0.397. The number of carboxylic acid groups (broad SMARTS) is 1. The summed E-state index contributed by atoms with van der Waals surface area (Å²) in [4.78, 5) is 10.7. The Kier molecular flexibility index (Phi) is 6.57. The second-order valence-electron chi connectivity index (χ2n) is 10.7. The van der Waals surface area contributed by atoms with Gasteiger partial charge < -0.3 is 9.53 Å². The first-order valence-corrected chi connectivity index (χ1v) is 13.5. The smallest absolute Gasteiger partial charge is 0.328 e. The second kappa shape index (κ2) is 7.82. The van der Waals surface area contributed by atoms with Crippen molar-refractivity contribution in [3.8, 4) is 0 Å². The summed E-state index contributed by atoms with van der Waals surface area (Å²) in [6.07, 6.45) is 5.95. The SMILES string of the molecule is C[C@@H]([C@H]1CC[C@H]2[C@@H](O[Si](C)(C)C(C)(C)C)CCC[C@]12C)C(F)(F)/C=C/C(=O)O. The van der Waals surface area contributed by atoms with Gasteiger partial charge in [-0.3, -0.25) is 0 Å². The molecule has 6 heteroatoms. The van der Waals surface area contributed by atoms with Crippen LogP contribution in [0.5, 0.6) is 0 Å². The third-order valence-electron chi connectivity index (χ3n) is 8.05. The first-order chi connectivity index (χ1) is 12.6. The highest BCUT2D eigenvalue weighted by Gasteiger charge is 2.57. The number of alkyl halides is 2. The van der Waals surface area contributed by atoms with Gasteiger partial charge in [0.05, 0.1) is 0 Å². The highest BCUT2D eigenvalue weighted by Crippen LogP contribution is 2.60. The lowest BCUT2D eigenvalue weighted by atomic mass is 9.61. The van der Waals surface area contributed by atoms with Gasteiger partial charge in [-0.05, 0) is 67.1 Å². The van der Waals surface area contributed by atoms with E-state index in [-0.39, 0.29) is 22.5 Å². The van der Waals surface area contributed by atoms with Gasteiger partial charge in [0.2, 0.25) is 0 Å². The van der Waals surface area contributed by atoms with Crippen molar-refractivity contribution in [1.82, 2.24) is 0 Å². The van der Waals surface area contributed by atoms with E-state index in [9.17, 15) is 13.6 Å². The minimum Gasteiger partial charge on any atom is -0.478 e. The van der Waals surface area contributed by atoms with Gasteiger partial charge in [0.15, 0.2) is 8.32 Å². The molecule has 2 saturated carbocycles. The van der Waals surface area contributed by atoms with Gasteiger partial charge in [-0.15, -0.1) is 0 Å². The molecule has 2 aliphatic rings. The number of allylic oxidation sites excluding steroid dienone is 1. The maximum absolute atomic E-state index is 14.7. The lowest BCUT2D eigenvalue weighted by Crippen LogP contribution is -2.50. The third kappa shape index (κ3) is 4.53. The van der Waals surface area contributed by atoms with Gasteiger partial charge in [-0.2, -0.15) is 0 Å². The number of hydrogen-bond acceptors (Lipinski definition) is 2. The first kappa shape index (κ1) is 23.5. The van der Waals surface area contributed by atoms with Crippen LogP contribution in [0, 0.1) is 23.2 Å². The van der Waals surface area contributed by atoms with E-state index in [2.05, 4.69) is 40.8 Å². The van der Waals surface area contributed by atoms with E-state index in [0.717, 1.165) is 32.1 Å². The number of hydrogen-bond donors (Lipinski definition) is 1. The average Bonchev–Trinajstić information content (AvgIpc) is 2.89. The largest absolute Gasteiger partial charge is 0.478 e. The molecule has 0 bridgehead atoms. The van der Waals surface area contributed by atoms with Gasteiger partial charge in [-0.25, -0.2) is 13.6 Å². The Morgan fingerprint density at radius 1 is 1.25 bits per heavy atom. The Morgan fingerprint density at radius 3 is 2.39 bits per heavy atom. The molecule has 0 unspecified atom stereocenters. The van der Waals surface area contributed by atoms with Crippen molar-refractivity contribution in [1.29, 1.82) is 0 Å². The topological polar surface area (TPSA) is 46.5 Å². The number of fused-ring (bicyclic) bond motifs is 1. The minimum absolute atomic E-state index is 0.126. The third-order valence-corrected chi connectivity index (χ3v) is 12.6. The van der Waals surface area contributed by atoms with E-state index in [1.54, 1.807) is 6.92 Å². The van der Waals surface area contributed by atoms with Crippen LogP contribution in [0.15, 0.2) is 12.2 Å². The van der Waals surface area contributed by atoms with Crippen LogP contribution in [0.25, 0.3) is 0 Å². The molecule has 2 rings (SSSR count). The zero-order valence-electron chi connectivity index (χ0n) is 18.5. The molecule has 2 fully saturated rings. The average molecular weight is 417 g/mol. The monoisotopic (exact) mass is 416 g/mol. The second-order valence-corrected chi connectivity index (χ2v) is 15.5. The fourth-order valence-corrected chi connectivity index (χ4v) is 6.67. The van der Waals surface area contributed by atoms with Gasteiger partial charge in [0.1, 0.15) is 0 Å². The summed E-state index contributed by atoms with van der Waals surface area (Å²) in [7, 11) is -1.92. The van der Waals surface area contributed by atoms with Crippen molar-refractivity contribution >= 4 is 14.3 Å². The van der Waals surface area contributed by atoms with Crippen molar-refractivity contribution < 1.29 is 23.1 Å². The number of rotatable bonds is 6. The van der Waals surface area contributed by atoms with Crippen LogP contribution in [0.2, 0.25) is 18.1 Å². The Hall–Kier alpha value is -0.753. The minimum atomic E-state index is -3.12. The molecule has 0 aromatic carbocycles. The molecule has 1 N–H and O–H groups in total. The molecule has 0 radical (unpaired) electrons. The van der Waals surface area contributed by atoms with Gasteiger partial charge >= 0.3 is 5.97 Å². The zero-order valence-corrected chi connectivity index (χ0v) is 19.5. The number of carboxylic acids is 1. The molecule has 0 amide bonds. The summed E-state index contributed by atoms with van der Waals surface area (Å²) in [5.41, 5.74) is -0.175. The van der Waals surface area contributed by atoms with Crippen LogP contribution in [0.4, 0.5) is 8.78 Å². The fraction of sp³-hybridized carbons (Fsp3) is 0.864. The van der Waals surface area contributed by atoms with Crippen molar-refractivity contribution in [3.63, 3.8) is 0 Å². The lowest BCUT2D eigenvalue weighted by Gasteiger charge is -2.50. The Bertz CT molecular complexity index is 611. The van der Waals surface area contributed by atoms with E-state index in [4.69, 9.17) is 9.53 Å². The van der Waals surface area contributed by atoms with Crippen molar-refractivity contribution in [2.45, 2.75) is 96.9 Å². The van der Waals surface area contributed by atoms with Crippen molar-refractivity contribution in [2.75, 3.05) is 0 Å². The molecule has 3 nitrogen and oxygen atoms in total. The number of halogens is 2. The fourth-order valence-electron chi connectivity index (χ4n) is 5.28. The van der Waals surface area contributed by atoms with Gasteiger partial charge in [0, 0.05) is 18.1 Å². The lowest BCUT2D eigenvalue weighted by molar-refractivity contribution is -0.131. The summed E-state index contributed by atoms with van der Waals surface area (Å²) >= 11 is 0. The van der Waals surface area contributed by atoms with Crippen LogP contribution in [0.1, 0.15) is 66.7 Å². The van der Waals surface area contributed by atoms with E-state index in [0.29, 0.717) is 18.1 Å². The van der Waals surface area contributed by atoms with E-state index in [1.165, 1.54) is 0 Å². The van der Waals surface area contributed by atoms with Crippen LogP contribution < -0.4 is 0 Å². The summed E-state index contributed by atoms with van der Waals surface area (Å²) in [5.74, 6) is -5.15. The van der Waals surface area contributed by atoms with Crippen molar-refractivity contribution in [3.05, 3.63) is 12.2 Å². The molecule has 0 aromatic heterocycles. The summed E-state index contributed by atoms with van der Waals surface area (Å²) in [6, 6.07) is 0. The molecule has 0 aliphatic heterocycles. The summed E-state index contributed by atoms with van der Waals surface area (Å²) in [6.45, 7) is 15.0. The first-order valence-electron chi connectivity index (χ1n) is 10.6.